The van der Waals surface area contributed by atoms with Crippen LogP contribution in [0.4, 0.5) is 0 Å². The van der Waals surface area contributed by atoms with Crippen LogP contribution in [0.1, 0.15) is 11.8 Å². The smallest absolute Gasteiger partial charge is 0.203 e. The minimum Gasteiger partial charge on any atom is -0.203 e. The van der Waals surface area contributed by atoms with Crippen molar-refractivity contribution in [2.75, 3.05) is 6.54 Å². The fourth-order valence-electron chi connectivity index (χ4n) is 0.853. The zero-order chi connectivity index (χ0) is 10.6. The third-order valence-corrected chi connectivity index (χ3v) is 4.57. The normalized spacial score (nSPS) is 11.9. The largest absolute Gasteiger partial charge is 0.277 e. The van der Waals surface area contributed by atoms with E-state index in [4.69, 9.17) is 0 Å². The van der Waals surface area contributed by atoms with Crippen LogP contribution in [0.2, 0.25) is 0 Å². The second-order valence-corrected chi connectivity index (χ2v) is 5.95. The first-order chi connectivity index (χ1) is 6.55. The lowest BCUT2D eigenvalue weighted by atomic mass is 10.5. The van der Waals surface area contributed by atoms with Gasteiger partial charge in [0.05, 0.1) is 0 Å². The second-order valence-electron chi connectivity index (χ2n) is 2.51. The third-order valence-electron chi connectivity index (χ3n) is 1.45. The van der Waals surface area contributed by atoms with Crippen LogP contribution < -0.4 is 9.44 Å². The molecule has 4 nitrogen and oxygen atoms in total. The summed E-state index contributed by atoms with van der Waals surface area (Å²) in [4.78, 5) is 0.964. The van der Waals surface area contributed by atoms with Crippen molar-refractivity contribution in [3.63, 3.8) is 0 Å². The molecule has 14 heavy (non-hydrogen) atoms. The van der Waals surface area contributed by atoms with E-state index in [1.54, 1.807) is 6.92 Å². The second kappa shape index (κ2) is 5.22. The molecule has 2 N–H and O–H groups in total. The van der Waals surface area contributed by atoms with Crippen molar-refractivity contribution in [3.8, 4) is 0 Å². The fraction of sp³-hybridized carbons (Fsp3) is 0.429. The number of hydrogen-bond acceptors (Lipinski definition) is 3. The van der Waals surface area contributed by atoms with Gasteiger partial charge in [0.2, 0.25) is 0 Å². The summed E-state index contributed by atoms with van der Waals surface area (Å²) in [7, 11) is -3.34. The molecular weight excluding hydrogens is 288 g/mol. The molecule has 0 bridgehead atoms. The van der Waals surface area contributed by atoms with E-state index in [-0.39, 0.29) is 0 Å². The molecule has 0 aliphatic heterocycles. The molecule has 0 radical (unpaired) electrons. The van der Waals surface area contributed by atoms with Gasteiger partial charge in [-0.25, -0.2) is 4.72 Å². The highest BCUT2D eigenvalue weighted by Crippen LogP contribution is 2.22. The van der Waals surface area contributed by atoms with Crippen LogP contribution in [0.25, 0.3) is 0 Å². The molecule has 1 rings (SSSR count). The minimum atomic E-state index is -3.34. The number of halogens is 1. The van der Waals surface area contributed by atoms with Crippen molar-refractivity contribution in [1.82, 2.24) is 9.44 Å². The van der Waals surface area contributed by atoms with Gasteiger partial charge in [0.25, 0.3) is 10.2 Å². The van der Waals surface area contributed by atoms with Gasteiger partial charge in [-0.3, -0.25) is 0 Å². The Morgan fingerprint density at radius 2 is 2.21 bits per heavy atom. The van der Waals surface area contributed by atoms with Crippen molar-refractivity contribution in [1.29, 1.82) is 0 Å². The van der Waals surface area contributed by atoms with Gasteiger partial charge >= 0.3 is 0 Å². The summed E-state index contributed by atoms with van der Waals surface area (Å²) < 4.78 is 28.1. The highest BCUT2D eigenvalue weighted by atomic mass is 79.9. The van der Waals surface area contributed by atoms with Crippen LogP contribution >= 0.6 is 27.3 Å². The molecule has 0 aromatic carbocycles. The lowest BCUT2D eigenvalue weighted by Gasteiger charge is -2.05. The van der Waals surface area contributed by atoms with Gasteiger partial charge in [-0.1, -0.05) is 6.92 Å². The molecule has 0 aliphatic rings. The van der Waals surface area contributed by atoms with E-state index >= 15 is 0 Å². The highest BCUT2D eigenvalue weighted by molar-refractivity contribution is 9.10. The topological polar surface area (TPSA) is 58.2 Å². The van der Waals surface area contributed by atoms with E-state index in [0.29, 0.717) is 13.1 Å². The Morgan fingerprint density at radius 3 is 2.71 bits per heavy atom. The molecule has 0 atom stereocenters. The zero-order valence-corrected chi connectivity index (χ0v) is 10.8. The van der Waals surface area contributed by atoms with Gasteiger partial charge < -0.3 is 0 Å². The molecule has 0 fully saturated rings. The molecular formula is C7H11BrN2O2S2. The van der Waals surface area contributed by atoms with E-state index in [9.17, 15) is 8.42 Å². The van der Waals surface area contributed by atoms with Crippen LogP contribution in [0.5, 0.6) is 0 Å². The Morgan fingerprint density at radius 1 is 1.50 bits per heavy atom. The fourth-order valence-corrected chi connectivity index (χ4v) is 3.19. The van der Waals surface area contributed by atoms with Gasteiger partial charge in [0.1, 0.15) is 0 Å². The van der Waals surface area contributed by atoms with Crippen LogP contribution in [-0.2, 0) is 16.8 Å². The van der Waals surface area contributed by atoms with Gasteiger partial charge in [-0.05, 0) is 27.4 Å². The predicted octanol–water partition coefficient (Wildman–Crippen LogP) is 1.45. The molecule has 1 aromatic rings. The maximum absolute atomic E-state index is 11.2. The summed E-state index contributed by atoms with van der Waals surface area (Å²) in [5, 5.41) is 1.90. The first-order valence-electron chi connectivity index (χ1n) is 4.01. The van der Waals surface area contributed by atoms with Crippen molar-refractivity contribution in [2.24, 2.45) is 0 Å². The van der Waals surface area contributed by atoms with Crippen LogP contribution in [-0.4, -0.2) is 15.0 Å². The summed E-state index contributed by atoms with van der Waals surface area (Å²) >= 11 is 4.83. The van der Waals surface area contributed by atoms with E-state index in [0.717, 1.165) is 9.35 Å². The van der Waals surface area contributed by atoms with E-state index in [1.165, 1.54) is 11.3 Å². The molecule has 1 aromatic heterocycles. The minimum absolute atomic E-state index is 0.313. The maximum Gasteiger partial charge on any atom is 0.277 e. The molecule has 0 amide bonds. The van der Waals surface area contributed by atoms with Gasteiger partial charge in [-0.2, -0.15) is 13.1 Å². The molecule has 0 unspecified atom stereocenters. The summed E-state index contributed by atoms with van der Waals surface area (Å²) in [6, 6.07) is 1.89. The molecule has 0 spiro atoms. The van der Waals surface area contributed by atoms with Crippen molar-refractivity contribution >= 4 is 37.5 Å². The Bertz CT molecular complexity index is 388. The first-order valence-corrected chi connectivity index (χ1v) is 7.17. The zero-order valence-electron chi connectivity index (χ0n) is 7.58. The molecule has 0 saturated carbocycles. The maximum atomic E-state index is 11.2. The predicted molar refractivity (Wildman–Crippen MR) is 61.5 cm³/mol. The Kier molecular flexibility index (Phi) is 4.52. The summed E-state index contributed by atoms with van der Waals surface area (Å²) in [6.07, 6.45) is 0. The lowest BCUT2D eigenvalue weighted by Crippen LogP contribution is -2.35. The summed E-state index contributed by atoms with van der Waals surface area (Å²) in [6.45, 7) is 2.44. The third kappa shape index (κ3) is 3.66. The van der Waals surface area contributed by atoms with Crippen LogP contribution in [0.15, 0.2) is 15.9 Å². The van der Waals surface area contributed by atoms with Crippen LogP contribution in [0.3, 0.4) is 0 Å². The highest BCUT2D eigenvalue weighted by Gasteiger charge is 2.08. The number of nitrogens with one attached hydrogen (secondary N) is 2. The lowest BCUT2D eigenvalue weighted by molar-refractivity contribution is 0.569. The number of rotatable bonds is 5. The van der Waals surface area contributed by atoms with Crippen molar-refractivity contribution in [2.45, 2.75) is 13.5 Å². The quantitative estimate of drug-likeness (QED) is 0.864. The van der Waals surface area contributed by atoms with Crippen molar-refractivity contribution in [3.05, 3.63) is 20.8 Å². The van der Waals surface area contributed by atoms with E-state index in [2.05, 4.69) is 25.4 Å². The molecule has 80 valence electrons. The van der Waals surface area contributed by atoms with E-state index in [1.807, 2.05) is 11.4 Å². The molecule has 0 aliphatic carbocycles. The van der Waals surface area contributed by atoms with Gasteiger partial charge in [-0.15, -0.1) is 11.3 Å². The first kappa shape index (κ1) is 12.1. The molecule has 0 saturated heterocycles. The Hall–Kier alpha value is 0.0500. The Labute approximate surface area is 96.0 Å². The monoisotopic (exact) mass is 298 g/mol. The molecule has 1 heterocycles. The average Bonchev–Trinajstić information content (AvgIpc) is 2.48. The average molecular weight is 299 g/mol. The van der Waals surface area contributed by atoms with E-state index < -0.39 is 10.2 Å². The number of hydrogen-bond donors (Lipinski definition) is 2. The molecule has 7 heteroatoms. The van der Waals surface area contributed by atoms with Crippen LogP contribution in [0, 0.1) is 0 Å². The number of thiophene rings is 1. The standard InChI is InChI=1S/C7H11BrN2O2S2/c1-2-9-14(11,12)10-5-7-6(8)3-4-13-7/h3-4,9-10H,2,5H2,1H3. The Balaban J connectivity index is 2.53. The van der Waals surface area contributed by atoms with Crippen molar-refractivity contribution < 1.29 is 8.42 Å². The SMILES string of the molecule is CCNS(=O)(=O)NCc1sccc1Br. The summed E-state index contributed by atoms with van der Waals surface area (Å²) in [5.41, 5.74) is 0. The summed E-state index contributed by atoms with van der Waals surface area (Å²) in [5.74, 6) is 0. The van der Waals surface area contributed by atoms with Gasteiger partial charge in [0, 0.05) is 22.4 Å². The van der Waals surface area contributed by atoms with Gasteiger partial charge in [0.15, 0.2) is 0 Å².